The number of nitrogens with one attached hydrogen (secondary N) is 2. The number of hydrogen-bond acceptors (Lipinski definition) is 4. The SMILES string of the molecule is O=C(CCNC(=O)c1ccc(Cl)s1)Nc1ccc(-n2ccccc2=O)cc1. The van der Waals surface area contributed by atoms with Gasteiger partial charge in [-0.2, -0.15) is 0 Å². The molecule has 0 unspecified atom stereocenters. The highest BCUT2D eigenvalue weighted by molar-refractivity contribution is 7.17. The monoisotopic (exact) mass is 401 g/mol. The number of halogens is 1. The Morgan fingerprint density at radius 1 is 1.04 bits per heavy atom. The van der Waals surface area contributed by atoms with Crippen LogP contribution in [-0.2, 0) is 4.79 Å². The summed E-state index contributed by atoms with van der Waals surface area (Å²) in [4.78, 5) is 36.2. The summed E-state index contributed by atoms with van der Waals surface area (Å²) in [5, 5.41) is 5.44. The molecule has 0 radical (unpaired) electrons. The fourth-order valence-corrected chi connectivity index (χ4v) is 3.34. The number of carbonyl (C=O) groups excluding carboxylic acids is 2. The molecule has 8 heteroatoms. The van der Waals surface area contributed by atoms with Gasteiger partial charge >= 0.3 is 0 Å². The van der Waals surface area contributed by atoms with Crippen LogP contribution in [0.2, 0.25) is 4.34 Å². The van der Waals surface area contributed by atoms with Crippen molar-refractivity contribution in [2.24, 2.45) is 0 Å². The van der Waals surface area contributed by atoms with Gasteiger partial charge in [-0.3, -0.25) is 19.0 Å². The average Bonchev–Trinajstić information content (AvgIpc) is 3.09. The van der Waals surface area contributed by atoms with Crippen molar-refractivity contribution in [3.63, 3.8) is 0 Å². The minimum Gasteiger partial charge on any atom is -0.351 e. The van der Waals surface area contributed by atoms with Gasteiger partial charge in [-0.1, -0.05) is 17.7 Å². The molecule has 2 amide bonds. The van der Waals surface area contributed by atoms with E-state index in [4.69, 9.17) is 11.6 Å². The molecule has 2 N–H and O–H groups in total. The molecule has 0 saturated heterocycles. The average molecular weight is 402 g/mol. The summed E-state index contributed by atoms with van der Waals surface area (Å²) in [5.74, 6) is -0.471. The van der Waals surface area contributed by atoms with E-state index in [-0.39, 0.29) is 30.3 Å². The van der Waals surface area contributed by atoms with Crippen molar-refractivity contribution in [3.05, 3.63) is 80.4 Å². The van der Waals surface area contributed by atoms with Crippen LogP contribution >= 0.6 is 22.9 Å². The Kier molecular flexibility index (Phi) is 6.05. The smallest absolute Gasteiger partial charge is 0.261 e. The van der Waals surface area contributed by atoms with Crippen molar-refractivity contribution in [1.82, 2.24) is 9.88 Å². The molecule has 2 heterocycles. The Hall–Kier alpha value is -2.90. The minimum atomic E-state index is -0.252. The fourth-order valence-electron chi connectivity index (χ4n) is 2.38. The van der Waals surface area contributed by atoms with Gasteiger partial charge in [0.15, 0.2) is 0 Å². The van der Waals surface area contributed by atoms with E-state index in [1.807, 2.05) is 0 Å². The molecule has 6 nitrogen and oxygen atoms in total. The van der Waals surface area contributed by atoms with Crippen molar-refractivity contribution in [2.75, 3.05) is 11.9 Å². The minimum absolute atomic E-state index is 0.128. The summed E-state index contributed by atoms with van der Waals surface area (Å²) in [5.41, 5.74) is 1.20. The summed E-state index contributed by atoms with van der Waals surface area (Å²) in [7, 11) is 0. The van der Waals surface area contributed by atoms with Crippen LogP contribution in [0.4, 0.5) is 5.69 Å². The van der Waals surface area contributed by atoms with Crippen molar-refractivity contribution >= 4 is 40.4 Å². The molecule has 0 atom stereocenters. The van der Waals surface area contributed by atoms with Crippen LogP contribution in [0.25, 0.3) is 5.69 Å². The van der Waals surface area contributed by atoms with Gasteiger partial charge in [0.25, 0.3) is 11.5 Å². The molecule has 0 spiro atoms. The third-order valence-corrected chi connectivity index (χ3v) is 4.92. The maximum absolute atomic E-state index is 12.0. The number of carbonyl (C=O) groups is 2. The van der Waals surface area contributed by atoms with Crippen LogP contribution in [-0.4, -0.2) is 22.9 Å². The van der Waals surface area contributed by atoms with E-state index in [0.717, 1.165) is 0 Å². The molecule has 3 aromatic rings. The van der Waals surface area contributed by atoms with Crippen LogP contribution in [0.3, 0.4) is 0 Å². The molecule has 0 aliphatic heterocycles. The summed E-state index contributed by atoms with van der Waals surface area (Å²) >= 11 is 6.98. The number of thiophene rings is 1. The second-order valence-corrected chi connectivity index (χ2v) is 7.33. The molecule has 0 aliphatic rings. The van der Waals surface area contributed by atoms with Gasteiger partial charge in [-0.15, -0.1) is 11.3 Å². The lowest BCUT2D eigenvalue weighted by molar-refractivity contribution is -0.116. The van der Waals surface area contributed by atoms with Gasteiger partial charge in [-0.05, 0) is 42.5 Å². The first-order chi connectivity index (χ1) is 13.0. The first kappa shape index (κ1) is 18.9. The van der Waals surface area contributed by atoms with Gasteiger partial charge in [0.2, 0.25) is 5.91 Å². The molecule has 0 bridgehead atoms. The summed E-state index contributed by atoms with van der Waals surface area (Å²) in [6.07, 6.45) is 1.82. The quantitative estimate of drug-likeness (QED) is 0.665. The van der Waals surface area contributed by atoms with Crippen LogP contribution < -0.4 is 16.2 Å². The second kappa shape index (κ2) is 8.66. The number of aromatic nitrogens is 1. The van der Waals surface area contributed by atoms with E-state index < -0.39 is 0 Å². The zero-order chi connectivity index (χ0) is 19.2. The molecule has 0 saturated carbocycles. The summed E-state index contributed by atoms with van der Waals surface area (Å²) in [6, 6.07) is 15.2. The van der Waals surface area contributed by atoms with E-state index >= 15 is 0 Å². The highest BCUT2D eigenvalue weighted by atomic mass is 35.5. The molecule has 0 aliphatic carbocycles. The highest BCUT2D eigenvalue weighted by Gasteiger charge is 2.09. The number of amides is 2. The van der Waals surface area contributed by atoms with Gasteiger partial charge in [0.1, 0.15) is 0 Å². The van der Waals surface area contributed by atoms with Crippen molar-refractivity contribution in [3.8, 4) is 5.69 Å². The molecule has 138 valence electrons. The van der Waals surface area contributed by atoms with Gasteiger partial charge in [0, 0.05) is 36.6 Å². The normalized spacial score (nSPS) is 10.4. The van der Waals surface area contributed by atoms with E-state index in [9.17, 15) is 14.4 Å². The lowest BCUT2D eigenvalue weighted by atomic mass is 10.2. The maximum atomic E-state index is 12.0. The first-order valence-corrected chi connectivity index (χ1v) is 9.34. The Labute approximate surface area is 164 Å². The zero-order valence-electron chi connectivity index (χ0n) is 14.1. The summed E-state index contributed by atoms with van der Waals surface area (Å²) < 4.78 is 2.05. The number of hydrogen-bond donors (Lipinski definition) is 2. The number of anilines is 1. The maximum Gasteiger partial charge on any atom is 0.261 e. The Balaban J connectivity index is 1.50. The molecule has 2 aromatic heterocycles. The number of rotatable bonds is 6. The largest absolute Gasteiger partial charge is 0.351 e. The summed E-state index contributed by atoms with van der Waals surface area (Å²) in [6.45, 7) is 0.220. The van der Waals surface area contributed by atoms with Gasteiger partial charge < -0.3 is 10.6 Å². The molecular weight excluding hydrogens is 386 g/mol. The van der Waals surface area contributed by atoms with Gasteiger partial charge in [0.05, 0.1) is 9.21 Å². The Morgan fingerprint density at radius 2 is 1.81 bits per heavy atom. The Bertz CT molecular complexity index is 1010. The van der Waals surface area contributed by atoms with Crippen LogP contribution in [0.15, 0.2) is 65.6 Å². The third-order valence-electron chi connectivity index (χ3n) is 3.69. The van der Waals surface area contributed by atoms with Crippen molar-refractivity contribution < 1.29 is 9.59 Å². The highest BCUT2D eigenvalue weighted by Crippen LogP contribution is 2.21. The molecule has 3 rings (SSSR count). The molecule has 1 aromatic carbocycles. The lowest BCUT2D eigenvalue weighted by Gasteiger charge is -2.08. The standard InChI is InChI=1S/C19H16ClN3O3S/c20-16-9-8-15(27-16)19(26)21-11-10-17(24)22-13-4-6-14(7-5-13)23-12-2-1-3-18(23)25/h1-9,12H,10-11H2,(H,21,26)(H,22,24). The van der Waals surface area contributed by atoms with E-state index in [1.165, 1.54) is 22.0 Å². The number of pyridine rings is 1. The van der Waals surface area contributed by atoms with E-state index in [1.54, 1.807) is 54.7 Å². The second-order valence-electron chi connectivity index (χ2n) is 5.61. The van der Waals surface area contributed by atoms with Crippen molar-refractivity contribution in [2.45, 2.75) is 6.42 Å². The topological polar surface area (TPSA) is 80.2 Å². The van der Waals surface area contributed by atoms with Crippen molar-refractivity contribution in [1.29, 1.82) is 0 Å². The predicted octanol–water partition coefficient (Wildman–Crippen LogP) is 3.31. The van der Waals surface area contributed by atoms with Crippen LogP contribution in [0, 0.1) is 0 Å². The number of nitrogens with zero attached hydrogens (tertiary/aromatic N) is 1. The third kappa shape index (κ3) is 5.06. The van der Waals surface area contributed by atoms with Crippen LogP contribution in [0.1, 0.15) is 16.1 Å². The molecule has 27 heavy (non-hydrogen) atoms. The fraction of sp³-hybridized carbons (Fsp3) is 0.105. The van der Waals surface area contributed by atoms with E-state index in [2.05, 4.69) is 10.6 Å². The zero-order valence-corrected chi connectivity index (χ0v) is 15.7. The lowest BCUT2D eigenvalue weighted by Crippen LogP contribution is -2.27. The van der Waals surface area contributed by atoms with Crippen LogP contribution in [0.5, 0.6) is 0 Å². The molecule has 0 fully saturated rings. The number of benzene rings is 1. The van der Waals surface area contributed by atoms with E-state index in [0.29, 0.717) is 20.6 Å². The predicted molar refractivity (Wildman–Crippen MR) is 107 cm³/mol. The van der Waals surface area contributed by atoms with Gasteiger partial charge in [-0.25, -0.2) is 0 Å². The molecular formula is C19H16ClN3O3S. The first-order valence-electron chi connectivity index (χ1n) is 8.14. The Morgan fingerprint density at radius 3 is 2.48 bits per heavy atom.